The van der Waals surface area contributed by atoms with E-state index < -0.39 is 0 Å². The fraction of sp³-hybridized carbons (Fsp3) is 0.391. The Morgan fingerprint density at radius 2 is 1.81 bits per heavy atom. The first kappa shape index (κ1) is 19.1. The van der Waals surface area contributed by atoms with Gasteiger partial charge in [0.05, 0.1) is 5.69 Å². The summed E-state index contributed by atoms with van der Waals surface area (Å²) in [6.07, 6.45) is 9.04. The average molecular weight is 367 g/mol. The molecule has 0 aliphatic rings. The van der Waals surface area contributed by atoms with E-state index in [0.29, 0.717) is 0 Å². The van der Waals surface area contributed by atoms with Gasteiger partial charge in [-0.3, -0.25) is 0 Å². The standard InChI is InChI=1S/C23H30N2S/c1-3-4-10-17-11-9-14-18-19(12-7-8-16-24)23(25-22(17)18)20-13-5-6-15-21(20)26-2/h5-6,9,11,13-15,25H,3-4,7-8,10,12,16,24H2,1-2H3. The van der Waals surface area contributed by atoms with Crippen molar-refractivity contribution in [1.29, 1.82) is 0 Å². The number of nitrogens with one attached hydrogen (secondary N) is 1. The maximum absolute atomic E-state index is 5.74. The summed E-state index contributed by atoms with van der Waals surface area (Å²) in [6, 6.07) is 15.5. The van der Waals surface area contributed by atoms with E-state index >= 15 is 0 Å². The lowest BCUT2D eigenvalue weighted by molar-refractivity contribution is 0.748. The second-order valence-corrected chi connectivity index (χ2v) is 7.72. The van der Waals surface area contributed by atoms with E-state index in [1.165, 1.54) is 51.0 Å². The van der Waals surface area contributed by atoms with Crippen LogP contribution in [0, 0.1) is 0 Å². The molecule has 0 unspecified atom stereocenters. The summed E-state index contributed by atoms with van der Waals surface area (Å²) in [4.78, 5) is 5.14. The number of fused-ring (bicyclic) bond motifs is 1. The number of benzene rings is 2. The van der Waals surface area contributed by atoms with Crippen molar-refractivity contribution in [3.8, 4) is 11.3 Å². The molecule has 0 fully saturated rings. The molecular weight excluding hydrogens is 336 g/mol. The smallest absolute Gasteiger partial charge is 0.0508 e. The lowest BCUT2D eigenvalue weighted by Crippen LogP contribution is -1.99. The highest BCUT2D eigenvalue weighted by molar-refractivity contribution is 7.98. The number of nitrogens with two attached hydrogens (primary N) is 1. The number of para-hydroxylation sites is 1. The Morgan fingerprint density at radius 1 is 0.962 bits per heavy atom. The highest BCUT2D eigenvalue weighted by Crippen LogP contribution is 2.37. The number of hydrogen-bond donors (Lipinski definition) is 2. The summed E-state index contributed by atoms with van der Waals surface area (Å²) in [5.41, 5.74) is 12.6. The minimum Gasteiger partial charge on any atom is -0.354 e. The Hall–Kier alpha value is -1.71. The first-order valence-electron chi connectivity index (χ1n) is 9.76. The molecule has 0 saturated heterocycles. The quantitative estimate of drug-likeness (QED) is 0.351. The maximum Gasteiger partial charge on any atom is 0.0508 e. The summed E-state index contributed by atoms with van der Waals surface area (Å²) in [7, 11) is 0. The first-order valence-corrected chi connectivity index (χ1v) is 11.0. The van der Waals surface area contributed by atoms with Gasteiger partial charge in [0.1, 0.15) is 0 Å². The summed E-state index contributed by atoms with van der Waals surface area (Å²) in [5, 5.41) is 1.39. The molecule has 0 saturated carbocycles. The minimum atomic E-state index is 0.765. The molecule has 0 aliphatic heterocycles. The predicted octanol–water partition coefficient (Wildman–Crippen LogP) is 6.18. The molecule has 0 amide bonds. The van der Waals surface area contributed by atoms with E-state index in [1.807, 2.05) is 11.8 Å². The molecule has 1 aromatic heterocycles. The van der Waals surface area contributed by atoms with Crippen LogP contribution in [0.3, 0.4) is 0 Å². The third-order valence-electron chi connectivity index (χ3n) is 5.08. The summed E-state index contributed by atoms with van der Waals surface area (Å²) in [6.45, 7) is 3.02. The van der Waals surface area contributed by atoms with Crippen molar-refractivity contribution in [2.75, 3.05) is 12.8 Å². The molecule has 138 valence electrons. The molecule has 3 heteroatoms. The van der Waals surface area contributed by atoms with Gasteiger partial charge in [0.25, 0.3) is 0 Å². The molecule has 0 atom stereocenters. The lowest BCUT2D eigenvalue weighted by atomic mass is 9.98. The second kappa shape index (κ2) is 9.29. The normalized spacial score (nSPS) is 11.3. The predicted molar refractivity (Wildman–Crippen MR) is 116 cm³/mol. The van der Waals surface area contributed by atoms with Gasteiger partial charge in [0.2, 0.25) is 0 Å². The number of unbranched alkanes of at least 4 members (excludes halogenated alkanes) is 2. The number of H-pyrrole nitrogens is 1. The molecule has 3 rings (SSSR count). The first-order chi connectivity index (χ1) is 12.8. The highest BCUT2D eigenvalue weighted by Gasteiger charge is 2.16. The van der Waals surface area contributed by atoms with Crippen molar-refractivity contribution in [2.45, 2.75) is 50.3 Å². The van der Waals surface area contributed by atoms with Gasteiger partial charge in [-0.1, -0.05) is 49.7 Å². The molecule has 1 heterocycles. The third-order valence-corrected chi connectivity index (χ3v) is 5.88. The summed E-state index contributed by atoms with van der Waals surface area (Å²) in [5.74, 6) is 0. The minimum absolute atomic E-state index is 0.765. The van der Waals surface area contributed by atoms with Crippen molar-refractivity contribution >= 4 is 22.7 Å². The van der Waals surface area contributed by atoms with Crippen LogP contribution in [0.15, 0.2) is 47.4 Å². The van der Waals surface area contributed by atoms with E-state index in [4.69, 9.17) is 5.73 Å². The van der Waals surface area contributed by atoms with Crippen LogP contribution in [-0.4, -0.2) is 17.8 Å². The van der Waals surface area contributed by atoms with Crippen LogP contribution in [0.5, 0.6) is 0 Å². The van der Waals surface area contributed by atoms with Gasteiger partial charge in [-0.2, -0.15) is 0 Å². The van der Waals surface area contributed by atoms with Crippen LogP contribution >= 0.6 is 11.8 Å². The van der Waals surface area contributed by atoms with E-state index in [-0.39, 0.29) is 0 Å². The van der Waals surface area contributed by atoms with Crippen molar-refractivity contribution < 1.29 is 0 Å². The summed E-state index contributed by atoms with van der Waals surface area (Å²) < 4.78 is 0. The lowest BCUT2D eigenvalue weighted by Gasteiger charge is -2.09. The van der Waals surface area contributed by atoms with Crippen LogP contribution in [0.1, 0.15) is 43.7 Å². The monoisotopic (exact) mass is 366 g/mol. The Kier molecular flexibility index (Phi) is 6.81. The van der Waals surface area contributed by atoms with Gasteiger partial charge in [-0.15, -0.1) is 11.8 Å². The van der Waals surface area contributed by atoms with E-state index in [0.717, 1.165) is 32.2 Å². The van der Waals surface area contributed by atoms with Crippen LogP contribution in [0.2, 0.25) is 0 Å². The Labute approximate surface area is 161 Å². The van der Waals surface area contributed by atoms with Crippen molar-refractivity contribution in [3.05, 3.63) is 53.6 Å². The molecule has 3 aromatic rings. The fourth-order valence-corrected chi connectivity index (χ4v) is 4.30. The molecule has 3 N–H and O–H groups in total. The third kappa shape index (κ3) is 3.99. The molecular formula is C23H30N2S. The van der Waals surface area contributed by atoms with Gasteiger partial charge < -0.3 is 10.7 Å². The molecule has 0 bridgehead atoms. The van der Waals surface area contributed by atoms with Crippen molar-refractivity contribution in [1.82, 2.24) is 4.98 Å². The van der Waals surface area contributed by atoms with Crippen LogP contribution in [0.4, 0.5) is 0 Å². The van der Waals surface area contributed by atoms with Crippen LogP contribution in [-0.2, 0) is 12.8 Å². The molecule has 0 radical (unpaired) electrons. The highest BCUT2D eigenvalue weighted by atomic mass is 32.2. The van der Waals surface area contributed by atoms with Crippen LogP contribution in [0.25, 0.3) is 22.2 Å². The number of thioether (sulfide) groups is 1. The second-order valence-electron chi connectivity index (χ2n) is 6.87. The largest absolute Gasteiger partial charge is 0.354 e. The SMILES string of the molecule is CCCCc1cccc2c(CCCCN)c(-c3ccccc3SC)[nH]c12. The van der Waals surface area contributed by atoms with Gasteiger partial charge in [-0.05, 0) is 62.1 Å². The van der Waals surface area contributed by atoms with E-state index in [9.17, 15) is 0 Å². The van der Waals surface area contributed by atoms with Crippen molar-refractivity contribution in [2.24, 2.45) is 5.73 Å². The number of rotatable bonds is 9. The Bertz CT molecular complexity index is 851. The number of aryl methyl sites for hydroxylation is 2. The van der Waals surface area contributed by atoms with E-state index in [2.05, 4.69) is 60.6 Å². The van der Waals surface area contributed by atoms with Gasteiger partial charge in [0.15, 0.2) is 0 Å². The fourth-order valence-electron chi connectivity index (χ4n) is 3.70. The molecule has 0 aliphatic carbocycles. The zero-order valence-electron chi connectivity index (χ0n) is 16.0. The molecule has 0 spiro atoms. The topological polar surface area (TPSA) is 41.8 Å². The molecule has 2 nitrogen and oxygen atoms in total. The summed E-state index contributed by atoms with van der Waals surface area (Å²) >= 11 is 1.82. The number of aromatic amines is 1. The van der Waals surface area contributed by atoms with Gasteiger partial charge >= 0.3 is 0 Å². The van der Waals surface area contributed by atoms with Crippen molar-refractivity contribution in [3.63, 3.8) is 0 Å². The molecule has 26 heavy (non-hydrogen) atoms. The zero-order chi connectivity index (χ0) is 18.4. The average Bonchev–Trinajstić information content (AvgIpc) is 3.05. The van der Waals surface area contributed by atoms with Gasteiger partial charge in [0, 0.05) is 21.4 Å². The van der Waals surface area contributed by atoms with Crippen LogP contribution < -0.4 is 5.73 Å². The maximum atomic E-state index is 5.74. The Morgan fingerprint density at radius 3 is 2.58 bits per heavy atom. The Balaban J connectivity index is 2.14. The molecule has 2 aromatic carbocycles. The zero-order valence-corrected chi connectivity index (χ0v) is 16.8. The van der Waals surface area contributed by atoms with Gasteiger partial charge in [-0.25, -0.2) is 0 Å². The number of hydrogen-bond acceptors (Lipinski definition) is 2. The van der Waals surface area contributed by atoms with E-state index in [1.54, 1.807) is 0 Å². The number of aromatic nitrogens is 1.